The maximum Gasteiger partial charge on any atom is 0.343 e. The molecule has 0 spiro atoms. The predicted molar refractivity (Wildman–Crippen MR) is 114 cm³/mol. The zero-order valence-corrected chi connectivity index (χ0v) is 16.9. The lowest BCUT2D eigenvalue weighted by Crippen LogP contribution is -2.18. The highest BCUT2D eigenvalue weighted by molar-refractivity contribution is 9.10. The lowest BCUT2D eigenvalue weighted by atomic mass is 10.2. The minimum atomic E-state index is -0.652. The SMILES string of the molecule is O=C(Oc1cccc(C=NNC(=O)c2ccccc2Br)c1)c1ccc([N+](=O)[O-])cc1. The number of amides is 1. The van der Waals surface area contributed by atoms with Crippen molar-refractivity contribution < 1.29 is 19.2 Å². The lowest BCUT2D eigenvalue weighted by molar-refractivity contribution is -0.384. The van der Waals surface area contributed by atoms with E-state index in [9.17, 15) is 19.7 Å². The fourth-order valence-electron chi connectivity index (χ4n) is 2.41. The zero-order valence-electron chi connectivity index (χ0n) is 15.3. The summed E-state index contributed by atoms with van der Waals surface area (Å²) in [4.78, 5) is 34.5. The Balaban J connectivity index is 1.63. The summed E-state index contributed by atoms with van der Waals surface area (Å²) in [5.41, 5.74) is 3.53. The van der Waals surface area contributed by atoms with Gasteiger partial charge in [-0.2, -0.15) is 5.10 Å². The van der Waals surface area contributed by atoms with Crippen LogP contribution in [0.25, 0.3) is 0 Å². The third kappa shape index (κ3) is 5.36. The van der Waals surface area contributed by atoms with Crippen LogP contribution >= 0.6 is 15.9 Å². The monoisotopic (exact) mass is 467 g/mol. The first kappa shape index (κ1) is 20.9. The van der Waals surface area contributed by atoms with E-state index in [2.05, 4.69) is 26.5 Å². The first-order chi connectivity index (χ1) is 14.4. The van der Waals surface area contributed by atoms with Crippen LogP contribution in [-0.2, 0) is 0 Å². The first-order valence-electron chi connectivity index (χ1n) is 8.58. The standard InChI is InChI=1S/C21H14BrN3O5/c22-19-7-2-1-6-18(19)20(26)24-23-13-14-4-3-5-17(12-14)30-21(27)15-8-10-16(11-9-15)25(28)29/h1-13H,(H,24,26). The average Bonchev–Trinajstić information content (AvgIpc) is 2.74. The van der Waals surface area contributed by atoms with Gasteiger partial charge in [0.2, 0.25) is 0 Å². The van der Waals surface area contributed by atoms with Crippen molar-refractivity contribution in [3.05, 3.63) is 104 Å². The Kier molecular flexibility index (Phi) is 6.66. The van der Waals surface area contributed by atoms with Gasteiger partial charge >= 0.3 is 5.97 Å². The first-order valence-corrected chi connectivity index (χ1v) is 9.38. The summed E-state index contributed by atoms with van der Waals surface area (Å²) in [5, 5.41) is 14.6. The number of halogens is 1. The number of benzene rings is 3. The van der Waals surface area contributed by atoms with Crippen LogP contribution in [0.5, 0.6) is 5.75 Å². The van der Waals surface area contributed by atoms with E-state index in [1.165, 1.54) is 30.5 Å². The smallest absolute Gasteiger partial charge is 0.343 e. The number of nitrogens with one attached hydrogen (secondary N) is 1. The van der Waals surface area contributed by atoms with Crippen molar-refractivity contribution in [1.82, 2.24) is 5.43 Å². The van der Waals surface area contributed by atoms with Crippen LogP contribution in [0.2, 0.25) is 0 Å². The largest absolute Gasteiger partial charge is 0.423 e. The Morgan fingerprint density at radius 1 is 1.03 bits per heavy atom. The minimum Gasteiger partial charge on any atom is -0.423 e. The van der Waals surface area contributed by atoms with E-state index >= 15 is 0 Å². The van der Waals surface area contributed by atoms with Gasteiger partial charge in [0, 0.05) is 16.6 Å². The zero-order chi connectivity index (χ0) is 21.5. The number of rotatable bonds is 6. The van der Waals surface area contributed by atoms with Crippen LogP contribution in [0.4, 0.5) is 5.69 Å². The Bertz CT molecular complexity index is 1130. The molecule has 3 rings (SSSR count). The number of hydrazone groups is 1. The van der Waals surface area contributed by atoms with Gasteiger partial charge in [0.25, 0.3) is 11.6 Å². The molecule has 0 heterocycles. The molecule has 0 unspecified atom stereocenters. The number of carbonyl (C=O) groups is 2. The number of nitro benzene ring substituents is 1. The van der Waals surface area contributed by atoms with Crippen LogP contribution in [0, 0.1) is 10.1 Å². The Morgan fingerprint density at radius 2 is 1.77 bits per heavy atom. The van der Waals surface area contributed by atoms with Gasteiger partial charge in [-0.1, -0.05) is 24.3 Å². The lowest BCUT2D eigenvalue weighted by Gasteiger charge is -2.05. The van der Waals surface area contributed by atoms with Crippen molar-refractivity contribution in [3.8, 4) is 5.75 Å². The van der Waals surface area contributed by atoms with Crippen molar-refractivity contribution in [2.75, 3.05) is 0 Å². The molecule has 0 atom stereocenters. The molecule has 0 aliphatic rings. The van der Waals surface area contributed by atoms with Crippen LogP contribution in [0.1, 0.15) is 26.3 Å². The average molecular weight is 468 g/mol. The molecule has 1 amide bonds. The summed E-state index contributed by atoms with van der Waals surface area (Å²) >= 11 is 3.30. The molecule has 0 aromatic heterocycles. The molecular weight excluding hydrogens is 454 g/mol. The number of ether oxygens (including phenoxy) is 1. The van der Waals surface area contributed by atoms with Crippen LogP contribution in [-0.4, -0.2) is 23.0 Å². The van der Waals surface area contributed by atoms with E-state index in [-0.39, 0.29) is 22.9 Å². The molecule has 3 aromatic rings. The molecule has 0 saturated carbocycles. The highest BCUT2D eigenvalue weighted by Gasteiger charge is 2.12. The highest BCUT2D eigenvalue weighted by Crippen LogP contribution is 2.17. The van der Waals surface area contributed by atoms with Gasteiger partial charge in [0.1, 0.15) is 5.75 Å². The van der Waals surface area contributed by atoms with E-state index in [4.69, 9.17) is 4.74 Å². The Morgan fingerprint density at radius 3 is 2.47 bits per heavy atom. The van der Waals surface area contributed by atoms with Crippen LogP contribution in [0.15, 0.2) is 82.4 Å². The molecule has 0 saturated heterocycles. The molecule has 150 valence electrons. The number of nitrogens with zero attached hydrogens (tertiary/aromatic N) is 2. The summed E-state index contributed by atoms with van der Waals surface area (Å²) in [6.45, 7) is 0. The van der Waals surface area contributed by atoms with Crippen molar-refractivity contribution >= 4 is 39.7 Å². The van der Waals surface area contributed by atoms with E-state index in [0.29, 0.717) is 15.6 Å². The normalized spacial score (nSPS) is 10.6. The molecule has 1 N–H and O–H groups in total. The molecule has 9 heteroatoms. The second-order valence-corrected chi connectivity index (χ2v) is 6.80. The number of hydrogen-bond donors (Lipinski definition) is 1. The molecule has 0 radical (unpaired) electrons. The molecule has 30 heavy (non-hydrogen) atoms. The second kappa shape index (κ2) is 9.57. The van der Waals surface area contributed by atoms with Crippen molar-refractivity contribution in [2.45, 2.75) is 0 Å². The fraction of sp³-hybridized carbons (Fsp3) is 0. The second-order valence-electron chi connectivity index (χ2n) is 5.94. The maximum atomic E-state index is 12.2. The fourth-order valence-corrected chi connectivity index (χ4v) is 2.88. The predicted octanol–water partition coefficient (Wildman–Crippen LogP) is 4.34. The topological polar surface area (TPSA) is 111 Å². The van der Waals surface area contributed by atoms with Crippen LogP contribution in [0.3, 0.4) is 0 Å². The van der Waals surface area contributed by atoms with E-state index in [0.717, 1.165) is 0 Å². The maximum absolute atomic E-state index is 12.2. The van der Waals surface area contributed by atoms with Gasteiger partial charge in [-0.05, 0) is 57.9 Å². The van der Waals surface area contributed by atoms with Gasteiger partial charge in [-0.25, -0.2) is 10.2 Å². The minimum absolute atomic E-state index is 0.116. The summed E-state index contributed by atoms with van der Waals surface area (Å²) in [6.07, 6.45) is 1.41. The van der Waals surface area contributed by atoms with E-state index in [1.807, 2.05) is 0 Å². The summed E-state index contributed by atoms with van der Waals surface area (Å²) in [6, 6.07) is 18.6. The van der Waals surface area contributed by atoms with E-state index < -0.39 is 10.9 Å². The molecule has 0 aliphatic carbocycles. The molecule has 8 nitrogen and oxygen atoms in total. The third-order valence-electron chi connectivity index (χ3n) is 3.88. The van der Waals surface area contributed by atoms with Gasteiger partial charge < -0.3 is 4.74 Å². The summed E-state index contributed by atoms with van der Waals surface area (Å²) in [7, 11) is 0. The molecule has 3 aromatic carbocycles. The molecule has 0 bridgehead atoms. The van der Waals surface area contributed by atoms with Crippen molar-refractivity contribution in [2.24, 2.45) is 5.10 Å². The number of nitro groups is 1. The van der Waals surface area contributed by atoms with Gasteiger partial charge in [-0.15, -0.1) is 0 Å². The van der Waals surface area contributed by atoms with Gasteiger partial charge in [0.05, 0.1) is 22.3 Å². The Hall–Kier alpha value is -3.85. The van der Waals surface area contributed by atoms with Crippen LogP contribution < -0.4 is 10.2 Å². The van der Waals surface area contributed by atoms with Gasteiger partial charge in [-0.3, -0.25) is 14.9 Å². The van der Waals surface area contributed by atoms with E-state index in [1.54, 1.807) is 48.5 Å². The third-order valence-corrected chi connectivity index (χ3v) is 4.57. The molecule has 0 aliphatic heterocycles. The van der Waals surface area contributed by atoms with Crippen molar-refractivity contribution in [3.63, 3.8) is 0 Å². The molecule has 0 fully saturated rings. The number of esters is 1. The highest BCUT2D eigenvalue weighted by atomic mass is 79.9. The number of hydrogen-bond acceptors (Lipinski definition) is 6. The summed E-state index contributed by atoms with van der Waals surface area (Å²) in [5.74, 6) is -0.764. The van der Waals surface area contributed by atoms with Gasteiger partial charge in [0.15, 0.2) is 0 Å². The quantitative estimate of drug-likeness (QED) is 0.190. The molecular formula is C21H14BrN3O5. The summed E-state index contributed by atoms with van der Waals surface area (Å²) < 4.78 is 5.94. The van der Waals surface area contributed by atoms with Crippen molar-refractivity contribution in [1.29, 1.82) is 0 Å². The number of carbonyl (C=O) groups excluding carboxylic acids is 2. The Labute approximate surface area is 179 Å². The number of non-ortho nitro benzene ring substituents is 1.